The first-order valence-corrected chi connectivity index (χ1v) is 4.85. The molecule has 2 N–H and O–H groups in total. The van der Waals surface area contributed by atoms with E-state index < -0.39 is 17.5 Å². The second-order valence-corrected chi connectivity index (χ2v) is 3.39. The molecular weight excluding hydrogens is 233 g/mol. The van der Waals surface area contributed by atoms with Gasteiger partial charge in [-0.25, -0.2) is 18.2 Å². The van der Waals surface area contributed by atoms with Crippen molar-refractivity contribution >= 4 is 0 Å². The minimum absolute atomic E-state index is 0.0587. The molecule has 2 rings (SSSR count). The molecule has 0 fully saturated rings. The highest BCUT2D eigenvalue weighted by Gasteiger charge is 2.09. The summed E-state index contributed by atoms with van der Waals surface area (Å²) < 4.78 is 38.7. The van der Waals surface area contributed by atoms with Crippen LogP contribution in [-0.4, -0.2) is 15.2 Å². The molecule has 7 heteroatoms. The summed E-state index contributed by atoms with van der Waals surface area (Å²) in [5.41, 5.74) is 0.0587. The number of aromatic amines is 1. The minimum atomic E-state index is -1.19. The monoisotopic (exact) mass is 242 g/mol. The van der Waals surface area contributed by atoms with Crippen LogP contribution in [0.25, 0.3) is 0 Å². The summed E-state index contributed by atoms with van der Waals surface area (Å²) in [6.07, 6.45) is 1.34. The van der Waals surface area contributed by atoms with Gasteiger partial charge in [0.05, 0.1) is 6.54 Å². The van der Waals surface area contributed by atoms with Gasteiger partial charge in [0, 0.05) is 18.2 Å². The second-order valence-electron chi connectivity index (χ2n) is 3.39. The molecule has 0 radical (unpaired) electrons. The van der Waals surface area contributed by atoms with E-state index in [1.807, 2.05) is 0 Å². The van der Waals surface area contributed by atoms with Crippen molar-refractivity contribution in [1.29, 1.82) is 0 Å². The molecule has 1 aromatic carbocycles. The Morgan fingerprint density at radius 2 is 1.82 bits per heavy atom. The third kappa shape index (κ3) is 2.82. The molecule has 1 heterocycles. The van der Waals surface area contributed by atoms with E-state index >= 15 is 0 Å². The number of halogens is 3. The third-order valence-electron chi connectivity index (χ3n) is 2.16. The van der Waals surface area contributed by atoms with Crippen LogP contribution in [0.4, 0.5) is 13.2 Å². The Balaban J connectivity index is 1.97. The van der Waals surface area contributed by atoms with E-state index in [1.165, 1.54) is 6.33 Å². The molecule has 0 unspecified atom stereocenters. The molecule has 0 spiro atoms. The molecule has 2 aromatic rings. The van der Waals surface area contributed by atoms with Crippen LogP contribution in [-0.2, 0) is 13.1 Å². The van der Waals surface area contributed by atoms with Gasteiger partial charge >= 0.3 is 0 Å². The van der Waals surface area contributed by atoms with Crippen molar-refractivity contribution < 1.29 is 13.2 Å². The zero-order chi connectivity index (χ0) is 12.3. The summed E-state index contributed by atoms with van der Waals surface area (Å²) in [5.74, 6) is -2.47. The van der Waals surface area contributed by atoms with Crippen molar-refractivity contribution in [3.63, 3.8) is 0 Å². The van der Waals surface area contributed by atoms with Crippen molar-refractivity contribution in [2.24, 2.45) is 0 Å². The fourth-order valence-electron chi connectivity index (χ4n) is 1.33. The molecule has 17 heavy (non-hydrogen) atoms. The fraction of sp³-hybridized carbons (Fsp3) is 0.200. The normalized spacial score (nSPS) is 10.8. The predicted molar refractivity (Wildman–Crippen MR) is 53.2 cm³/mol. The SMILES string of the molecule is Fc1cc(F)c(CNCc2ncn[nH]2)cc1F. The Morgan fingerprint density at radius 1 is 1.06 bits per heavy atom. The van der Waals surface area contributed by atoms with Gasteiger partial charge in [-0.2, -0.15) is 5.10 Å². The van der Waals surface area contributed by atoms with Gasteiger partial charge in [-0.1, -0.05) is 0 Å². The number of rotatable bonds is 4. The summed E-state index contributed by atoms with van der Waals surface area (Å²) >= 11 is 0. The zero-order valence-electron chi connectivity index (χ0n) is 8.67. The molecule has 0 bridgehead atoms. The molecule has 1 aromatic heterocycles. The molecule has 0 aliphatic carbocycles. The third-order valence-corrected chi connectivity index (χ3v) is 2.16. The van der Waals surface area contributed by atoms with E-state index in [0.29, 0.717) is 18.4 Å². The number of H-pyrrole nitrogens is 1. The molecule has 0 saturated heterocycles. The number of hydrogen-bond acceptors (Lipinski definition) is 3. The highest BCUT2D eigenvalue weighted by molar-refractivity contribution is 5.19. The Kier molecular flexibility index (Phi) is 3.38. The Morgan fingerprint density at radius 3 is 2.53 bits per heavy atom. The number of aromatic nitrogens is 3. The lowest BCUT2D eigenvalue weighted by Gasteiger charge is -2.05. The first kappa shape index (κ1) is 11.6. The number of nitrogens with zero attached hydrogens (tertiary/aromatic N) is 2. The Bertz CT molecular complexity index is 499. The molecule has 0 aliphatic heterocycles. The van der Waals surface area contributed by atoms with Gasteiger partial charge in [0.1, 0.15) is 18.0 Å². The van der Waals surface area contributed by atoms with Crippen LogP contribution in [0.3, 0.4) is 0 Å². The lowest BCUT2D eigenvalue weighted by atomic mass is 10.2. The van der Waals surface area contributed by atoms with Crippen LogP contribution in [0.1, 0.15) is 11.4 Å². The number of benzene rings is 1. The molecule has 4 nitrogen and oxygen atoms in total. The van der Waals surface area contributed by atoms with Gasteiger partial charge in [-0.05, 0) is 6.07 Å². The summed E-state index contributed by atoms with van der Waals surface area (Å²) in [7, 11) is 0. The van der Waals surface area contributed by atoms with Crippen LogP contribution in [0.5, 0.6) is 0 Å². The van der Waals surface area contributed by atoms with E-state index in [4.69, 9.17) is 0 Å². The van der Waals surface area contributed by atoms with Gasteiger partial charge in [-0.15, -0.1) is 0 Å². The smallest absolute Gasteiger partial charge is 0.161 e. The maximum absolute atomic E-state index is 13.2. The first-order valence-electron chi connectivity index (χ1n) is 4.85. The average Bonchev–Trinajstić information content (AvgIpc) is 2.78. The van der Waals surface area contributed by atoms with E-state index in [0.717, 1.165) is 6.07 Å². The molecular formula is C10H9F3N4. The largest absolute Gasteiger partial charge is 0.306 e. The van der Waals surface area contributed by atoms with Crippen molar-refractivity contribution in [3.05, 3.63) is 47.3 Å². The fourth-order valence-corrected chi connectivity index (χ4v) is 1.33. The second kappa shape index (κ2) is 4.96. The summed E-state index contributed by atoms with van der Waals surface area (Å²) in [6, 6.07) is 1.36. The summed E-state index contributed by atoms with van der Waals surface area (Å²) in [5, 5.41) is 9.07. The maximum atomic E-state index is 13.2. The molecule has 0 atom stereocenters. The van der Waals surface area contributed by atoms with Gasteiger partial charge < -0.3 is 5.32 Å². The highest BCUT2D eigenvalue weighted by atomic mass is 19.2. The van der Waals surface area contributed by atoms with E-state index in [2.05, 4.69) is 20.5 Å². The molecule has 0 saturated carbocycles. The first-order chi connectivity index (χ1) is 8.16. The van der Waals surface area contributed by atoms with Crippen LogP contribution in [0, 0.1) is 17.5 Å². The van der Waals surface area contributed by atoms with Crippen LogP contribution in [0.2, 0.25) is 0 Å². The van der Waals surface area contributed by atoms with Gasteiger partial charge in [0.15, 0.2) is 11.6 Å². The van der Waals surface area contributed by atoms with Gasteiger partial charge in [0.25, 0.3) is 0 Å². The predicted octanol–water partition coefficient (Wildman–Crippen LogP) is 1.51. The number of nitrogens with one attached hydrogen (secondary N) is 2. The Labute approximate surface area is 94.9 Å². The molecule has 90 valence electrons. The minimum Gasteiger partial charge on any atom is -0.306 e. The number of hydrogen-bond donors (Lipinski definition) is 2. The van der Waals surface area contributed by atoms with Crippen LogP contribution < -0.4 is 5.32 Å². The summed E-state index contributed by atoms with van der Waals surface area (Å²) in [4.78, 5) is 3.84. The van der Waals surface area contributed by atoms with Gasteiger partial charge in [0.2, 0.25) is 0 Å². The lowest BCUT2D eigenvalue weighted by molar-refractivity contribution is 0.486. The summed E-state index contributed by atoms with van der Waals surface area (Å²) in [6.45, 7) is 0.405. The van der Waals surface area contributed by atoms with E-state index in [-0.39, 0.29) is 12.1 Å². The molecule has 0 aliphatic rings. The zero-order valence-corrected chi connectivity index (χ0v) is 8.67. The quantitative estimate of drug-likeness (QED) is 0.799. The lowest BCUT2D eigenvalue weighted by Crippen LogP contribution is -2.15. The van der Waals surface area contributed by atoms with E-state index in [9.17, 15) is 13.2 Å². The average molecular weight is 242 g/mol. The van der Waals surface area contributed by atoms with Crippen LogP contribution in [0.15, 0.2) is 18.5 Å². The Hall–Kier alpha value is -1.89. The van der Waals surface area contributed by atoms with E-state index in [1.54, 1.807) is 0 Å². The maximum Gasteiger partial charge on any atom is 0.161 e. The topological polar surface area (TPSA) is 53.6 Å². The van der Waals surface area contributed by atoms with Gasteiger partial charge in [-0.3, -0.25) is 5.10 Å². The molecule has 0 amide bonds. The van der Waals surface area contributed by atoms with Crippen molar-refractivity contribution in [1.82, 2.24) is 20.5 Å². The van der Waals surface area contributed by atoms with Crippen molar-refractivity contribution in [3.8, 4) is 0 Å². The van der Waals surface area contributed by atoms with Crippen molar-refractivity contribution in [2.75, 3.05) is 0 Å². The standard InChI is InChI=1S/C10H9F3N4/c11-7-2-9(13)8(12)1-6(7)3-14-4-10-15-5-16-17-10/h1-2,5,14H,3-4H2,(H,15,16,17). The van der Waals surface area contributed by atoms with Crippen molar-refractivity contribution in [2.45, 2.75) is 13.1 Å². The van der Waals surface area contributed by atoms with Crippen LogP contribution >= 0.6 is 0 Å². The highest BCUT2D eigenvalue weighted by Crippen LogP contribution is 2.13.